The molecule has 0 aliphatic heterocycles. The Hall–Kier alpha value is -2.97. The molecule has 0 fully saturated rings. The van der Waals surface area contributed by atoms with E-state index in [-0.39, 0.29) is 24.1 Å². The lowest BCUT2D eigenvalue weighted by molar-refractivity contribution is -0.139. The normalized spacial score (nSPS) is 13.8. The number of carboxylic acid groups (broad SMARTS) is 1. The molecular weight excluding hydrogens is 387 g/mol. The molecule has 4 N–H and O–H groups in total. The molecule has 1 unspecified atom stereocenters. The van der Waals surface area contributed by atoms with Gasteiger partial charge in [0.25, 0.3) is 0 Å². The van der Waals surface area contributed by atoms with Gasteiger partial charge in [-0.2, -0.15) is 13.2 Å². The highest BCUT2D eigenvalue weighted by molar-refractivity contribution is 5.68. The highest BCUT2D eigenvalue weighted by atomic mass is 19.4. The van der Waals surface area contributed by atoms with E-state index in [1.54, 1.807) is 13.0 Å². The minimum atomic E-state index is -4.65. The Bertz CT molecular complexity index is 872. The smallest absolute Gasteiger partial charge is 0.419 e. The summed E-state index contributed by atoms with van der Waals surface area (Å²) in [5, 5.41) is 11.4. The third kappa shape index (κ3) is 6.27. The van der Waals surface area contributed by atoms with Crippen LogP contribution in [0.5, 0.6) is 5.75 Å². The van der Waals surface area contributed by atoms with Crippen molar-refractivity contribution in [3.8, 4) is 16.9 Å². The van der Waals surface area contributed by atoms with Gasteiger partial charge in [0.2, 0.25) is 0 Å². The summed E-state index contributed by atoms with van der Waals surface area (Å²) in [7, 11) is 0. The SMILES string of the molecule is CC(C)CC(C)(COc1ccc(-c2ccnc(N)c2)cc1C(F)(F)F)NC(=O)O. The largest absolute Gasteiger partial charge is 0.491 e. The number of ether oxygens (including phenoxy) is 1. The molecular formula is C20H24F3N3O3. The maximum atomic E-state index is 13.6. The predicted molar refractivity (Wildman–Crippen MR) is 104 cm³/mol. The summed E-state index contributed by atoms with van der Waals surface area (Å²) >= 11 is 0. The zero-order valence-electron chi connectivity index (χ0n) is 16.4. The van der Waals surface area contributed by atoms with E-state index < -0.39 is 23.4 Å². The van der Waals surface area contributed by atoms with Crippen LogP contribution < -0.4 is 15.8 Å². The fourth-order valence-corrected chi connectivity index (χ4v) is 3.23. The van der Waals surface area contributed by atoms with Crippen LogP contribution in [0.15, 0.2) is 36.5 Å². The molecule has 0 bridgehead atoms. The number of alkyl halides is 3. The number of nitrogens with zero attached hydrogens (tertiary/aromatic N) is 1. The van der Waals surface area contributed by atoms with Crippen molar-refractivity contribution in [2.75, 3.05) is 12.3 Å². The predicted octanol–water partition coefficient (Wildman–Crippen LogP) is 4.80. The molecule has 0 aliphatic rings. The average molecular weight is 411 g/mol. The summed E-state index contributed by atoms with van der Waals surface area (Å²) in [5.41, 5.74) is 4.42. The van der Waals surface area contributed by atoms with Crippen molar-refractivity contribution in [3.63, 3.8) is 0 Å². The summed E-state index contributed by atoms with van der Waals surface area (Å²) in [6.07, 6.45) is -4.11. The van der Waals surface area contributed by atoms with Crippen molar-refractivity contribution < 1.29 is 27.8 Å². The van der Waals surface area contributed by atoms with Gasteiger partial charge in [0.15, 0.2) is 0 Å². The number of amides is 1. The monoisotopic (exact) mass is 411 g/mol. The number of benzene rings is 1. The van der Waals surface area contributed by atoms with Gasteiger partial charge in [-0.25, -0.2) is 9.78 Å². The van der Waals surface area contributed by atoms with Crippen LogP contribution in [0.4, 0.5) is 23.8 Å². The Morgan fingerprint density at radius 3 is 2.45 bits per heavy atom. The standard InChI is InChI=1S/C20H24F3N3O3/c1-12(2)10-19(3,26-18(27)28)11-29-16-5-4-13(8-15(16)20(21,22)23)14-6-7-25-17(24)9-14/h4-9,12,26H,10-11H2,1-3H3,(H2,24,25)(H,27,28). The van der Waals surface area contributed by atoms with Crippen LogP contribution in [0.25, 0.3) is 11.1 Å². The zero-order chi connectivity index (χ0) is 21.8. The lowest BCUT2D eigenvalue weighted by Gasteiger charge is -2.31. The van der Waals surface area contributed by atoms with Gasteiger partial charge in [-0.15, -0.1) is 0 Å². The third-order valence-electron chi connectivity index (χ3n) is 4.21. The number of hydrogen-bond donors (Lipinski definition) is 3. The first-order chi connectivity index (χ1) is 13.4. The second-order valence-electron chi connectivity index (χ2n) is 7.56. The molecule has 0 radical (unpaired) electrons. The van der Waals surface area contributed by atoms with Gasteiger partial charge in [0.1, 0.15) is 18.2 Å². The molecule has 0 saturated carbocycles. The second-order valence-corrected chi connectivity index (χ2v) is 7.56. The van der Waals surface area contributed by atoms with E-state index in [4.69, 9.17) is 15.6 Å². The molecule has 9 heteroatoms. The van der Waals surface area contributed by atoms with Crippen molar-refractivity contribution in [3.05, 3.63) is 42.1 Å². The number of hydrogen-bond acceptors (Lipinski definition) is 4. The first-order valence-corrected chi connectivity index (χ1v) is 8.97. The van der Waals surface area contributed by atoms with E-state index >= 15 is 0 Å². The fourth-order valence-electron chi connectivity index (χ4n) is 3.23. The lowest BCUT2D eigenvalue weighted by atomic mass is 9.91. The maximum Gasteiger partial charge on any atom is 0.419 e. The van der Waals surface area contributed by atoms with Gasteiger partial charge >= 0.3 is 12.3 Å². The maximum absolute atomic E-state index is 13.6. The summed E-state index contributed by atoms with van der Waals surface area (Å²) in [6, 6.07) is 6.74. The first-order valence-electron chi connectivity index (χ1n) is 8.97. The number of halogens is 3. The summed E-state index contributed by atoms with van der Waals surface area (Å²) < 4.78 is 46.4. The Balaban J connectivity index is 2.35. The molecule has 0 aliphatic carbocycles. The van der Waals surface area contributed by atoms with Crippen LogP contribution in [-0.2, 0) is 6.18 Å². The Morgan fingerprint density at radius 2 is 1.90 bits per heavy atom. The van der Waals surface area contributed by atoms with Crippen LogP contribution in [0.3, 0.4) is 0 Å². The van der Waals surface area contributed by atoms with Gasteiger partial charge in [-0.1, -0.05) is 19.9 Å². The number of carbonyl (C=O) groups is 1. The number of anilines is 1. The van der Waals surface area contributed by atoms with Gasteiger partial charge in [0.05, 0.1) is 11.1 Å². The van der Waals surface area contributed by atoms with Gasteiger partial charge in [-0.05, 0) is 54.7 Å². The number of aromatic nitrogens is 1. The summed E-state index contributed by atoms with van der Waals surface area (Å²) in [4.78, 5) is 14.9. The number of pyridine rings is 1. The quantitative estimate of drug-likeness (QED) is 0.608. The number of nitrogens with two attached hydrogens (primary N) is 1. The van der Waals surface area contributed by atoms with Crippen LogP contribution in [0, 0.1) is 5.92 Å². The molecule has 1 amide bonds. The van der Waals surface area contributed by atoms with E-state index in [1.165, 1.54) is 24.4 Å². The highest BCUT2D eigenvalue weighted by Crippen LogP contribution is 2.39. The van der Waals surface area contributed by atoms with Crippen molar-refractivity contribution in [2.24, 2.45) is 5.92 Å². The van der Waals surface area contributed by atoms with Crippen molar-refractivity contribution in [1.29, 1.82) is 0 Å². The molecule has 158 valence electrons. The van der Waals surface area contributed by atoms with E-state index in [1.807, 2.05) is 13.8 Å². The lowest BCUT2D eigenvalue weighted by Crippen LogP contribution is -2.50. The number of nitrogens with one attached hydrogen (secondary N) is 1. The van der Waals surface area contributed by atoms with E-state index in [0.717, 1.165) is 6.07 Å². The first kappa shape index (κ1) is 22.3. The second kappa shape index (κ2) is 8.59. The van der Waals surface area contributed by atoms with Crippen LogP contribution in [0.1, 0.15) is 32.8 Å². The van der Waals surface area contributed by atoms with Crippen molar-refractivity contribution in [2.45, 2.75) is 38.9 Å². The van der Waals surface area contributed by atoms with Crippen LogP contribution >= 0.6 is 0 Å². The zero-order valence-corrected chi connectivity index (χ0v) is 16.4. The molecule has 0 spiro atoms. The highest BCUT2D eigenvalue weighted by Gasteiger charge is 2.36. The van der Waals surface area contributed by atoms with Crippen LogP contribution in [-0.4, -0.2) is 28.3 Å². The van der Waals surface area contributed by atoms with Gasteiger partial charge in [0, 0.05) is 6.20 Å². The summed E-state index contributed by atoms with van der Waals surface area (Å²) in [5.74, 6) is -0.0666. The molecule has 0 saturated heterocycles. The Morgan fingerprint density at radius 1 is 1.24 bits per heavy atom. The minimum Gasteiger partial charge on any atom is -0.491 e. The Kier molecular flexibility index (Phi) is 6.61. The third-order valence-corrected chi connectivity index (χ3v) is 4.21. The molecule has 2 rings (SSSR count). The average Bonchev–Trinajstić information content (AvgIpc) is 2.57. The van der Waals surface area contributed by atoms with E-state index in [9.17, 15) is 18.0 Å². The van der Waals surface area contributed by atoms with Crippen molar-refractivity contribution >= 4 is 11.9 Å². The number of rotatable bonds is 7. The molecule has 6 nitrogen and oxygen atoms in total. The molecule has 1 aromatic carbocycles. The van der Waals surface area contributed by atoms with E-state index in [0.29, 0.717) is 17.5 Å². The molecule has 1 atom stereocenters. The van der Waals surface area contributed by atoms with E-state index in [2.05, 4.69) is 10.3 Å². The molecule has 1 heterocycles. The van der Waals surface area contributed by atoms with Crippen molar-refractivity contribution in [1.82, 2.24) is 10.3 Å². The van der Waals surface area contributed by atoms with Gasteiger partial charge in [-0.3, -0.25) is 0 Å². The number of nitrogen functional groups attached to an aromatic ring is 1. The fraction of sp³-hybridized carbons (Fsp3) is 0.400. The minimum absolute atomic E-state index is 0.108. The summed E-state index contributed by atoms with van der Waals surface area (Å²) in [6.45, 7) is 5.13. The molecule has 29 heavy (non-hydrogen) atoms. The van der Waals surface area contributed by atoms with Crippen LogP contribution in [0.2, 0.25) is 0 Å². The van der Waals surface area contributed by atoms with Gasteiger partial charge < -0.3 is 20.9 Å². The topological polar surface area (TPSA) is 97.5 Å². The molecule has 2 aromatic rings. The Labute approximate surface area is 166 Å². The molecule has 1 aromatic heterocycles.